The average molecular weight is 453 g/mol. The molecule has 1 aromatic heterocycles. The number of para-hydroxylation sites is 1. The number of nitrogens with one attached hydrogen (secondary N) is 1. The summed E-state index contributed by atoms with van der Waals surface area (Å²) in [5.74, 6) is 2.41. The van der Waals surface area contributed by atoms with E-state index in [4.69, 9.17) is 9.47 Å². The molecule has 0 unspecified atom stereocenters. The number of benzene rings is 3. The number of ether oxygens (including phenoxy) is 2. The lowest BCUT2D eigenvalue weighted by molar-refractivity contribution is 0.412. The number of anilines is 2. The second-order valence-corrected chi connectivity index (χ2v) is 7.66. The van der Waals surface area contributed by atoms with Gasteiger partial charge in [0, 0.05) is 16.6 Å². The predicted octanol–water partition coefficient (Wildman–Crippen LogP) is 7.12. The molecule has 1 N–H and O–H groups in total. The molecular weight excluding hydrogens is 436 g/mol. The van der Waals surface area contributed by atoms with E-state index in [2.05, 4.69) is 26.2 Å². The number of nitrogens with zero attached hydrogens (tertiary/aromatic N) is 1. The van der Waals surface area contributed by atoms with Crippen molar-refractivity contribution in [1.82, 2.24) is 4.98 Å². The van der Waals surface area contributed by atoms with Crippen molar-refractivity contribution in [2.45, 2.75) is 0 Å². The maximum atomic E-state index is 5.82. The van der Waals surface area contributed by atoms with Crippen molar-refractivity contribution in [3.63, 3.8) is 0 Å². The van der Waals surface area contributed by atoms with Crippen LogP contribution >= 0.6 is 27.3 Å². The number of aromatic nitrogens is 1. The fourth-order valence-electron chi connectivity index (χ4n) is 2.64. The molecule has 0 aliphatic heterocycles. The van der Waals surface area contributed by atoms with Crippen molar-refractivity contribution in [1.29, 1.82) is 0 Å². The summed E-state index contributed by atoms with van der Waals surface area (Å²) in [7, 11) is 1.65. The van der Waals surface area contributed by atoms with Gasteiger partial charge in [-0.05, 0) is 70.5 Å². The van der Waals surface area contributed by atoms with Crippen molar-refractivity contribution in [2.75, 3.05) is 12.4 Å². The fourth-order valence-corrected chi connectivity index (χ4v) is 3.92. The molecule has 0 saturated heterocycles. The van der Waals surface area contributed by atoms with Crippen LogP contribution in [0.15, 0.2) is 82.6 Å². The molecule has 0 spiro atoms. The molecular formula is C22H17BrN2O2S. The number of hydrogen-bond acceptors (Lipinski definition) is 5. The smallest absolute Gasteiger partial charge is 0.187 e. The van der Waals surface area contributed by atoms with E-state index >= 15 is 0 Å². The van der Waals surface area contributed by atoms with E-state index in [0.29, 0.717) is 0 Å². The molecule has 28 heavy (non-hydrogen) atoms. The van der Waals surface area contributed by atoms with Crippen LogP contribution in [0.3, 0.4) is 0 Å². The van der Waals surface area contributed by atoms with Crippen LogP contribution in [-0.4, -0.2) is 12.1 Å². The summed E-state index contributed by atoms with van der Waals surface area (Å²) >= 11 is 5.08. The van der Waals surface area contributed by atoms with Gasteiger partial charge in [-0.2, -0.15) is 0 Å². The largest absolute Gasteiger partial charge is 0.496 e. The third-order valence-corrected chi connectivity index (χ3v) is 5.41. The van der Waals surface area contributed by atoms with Crippen molar-refractivity contribution < 1.29 is 9.47 Å². The third kappa shape index (κ3) is 4.35. The summed E-state index contributed by atoms with van der Waals surface area (Å²) in [4.78, 5) is 4.68. The normalized spacial score (nSPS) is 10.5. The first kappa shape index (κ1) is 18.5. The molecule has 6 heteroatoms. The van der Waals surface area contributed by atoms with E-state index in [1.54, 1.807) is 18.4 Å². The standard InChI is InChI=1S/C22H17BrN2O2S/c1-26-21-12-7-15(13-19(21)23)20-14-28-22(25-20)24-16-8-10-18(11-9-16)27-17-5-3-2-4-6-17/h2-14H,1H3,(H,24,25). The van der Waals surface area contributed by atoms with Crippen molar-refractivity contribution in [3.05, 3.63) is 82.6 Å². The predicted molar refractivity (Wildman–Crippen MR) is 118 cm³/mol. The van der Waals surface area contributed by atoms with Crippen LogP contribution in [0.2, 0.25) is 0 Å². The van der Waals surface area contributed by atoms with Crippen LogP contribution in [0.25, 0.3) is 11.3 Å². The lowest BCUT2D eigenvalue weighted by atomic mass is 10.2. The summed E-state index contributed by atoms with van der Waals surface area (Å²) in [5, 5.41) is 6.20. The molecule has 4 nitrogen and oxygen atoms in total. The molecule has 3 aromatic carbocycles. The highest BCUT2D eigenvalue weighted by molar-refractivity contribution is 9.10. The minimum Gasteiger partial charge on any atom is -0.496 e. The molecule has 0 amide bonds. The van der Waals surface area contributed by atoms with Gasteiger partial charge in [0.05, 0.1) is 17.3 Å². The van der Waals surface area contributed by atoms with Gasteiger partial charge in [0.2, 0.25) is 0 Å². The number of thiazole rings is 1. The number of halogens is 1. The Bertz CT molecular complexity index is 1070. The molecule has 140 valence electrons. The number of rotatable bonds is 6. The molecule has 0 fully saturated rings. The van der Waals surface area contributed by atoms with E-state index < -0.39 is 0 Å². The van der Waals surface area contributed by atoms with E-state index in [9.17, 15) is 0 Å². The van der Waals surface area contributed by atoms with Gasteiger partial charge in [-0.15, -0.1) is 11.3 Å². The highest BCUT2D eigenvalue weighted by Gasteiger charge is 2.08. The second-order valence-electron chi connectivity index (χ2n) is 5.95. The molecule has 0 saturated carbocycles. The summed E-state index contributed by atoms with van der Waals surface area (Å²) in [6.07, 6.45) is 0. The average Bonchev–Trinajstić information content (AvgIpc) is 3.19. The van der Waals surface area contributed by atoms with Crippen LogP contribution in [0.1, 0.15) is 0 Å². The van der Waals surface area contributed by atoms with Crippen molar-refractivity contribution >= 4 is 38.1 Å². The van der Waals surface area contributed by atoms with Crippen LogP contribution in [0.4, 0.5) is 10.8 Å². The zero-order valence-electron chi connectivity index (χ0n) is 15.1. The topological polar surface area (TPSA) is 43.4 Å². The SMILES string of the molecule is COc1ccc(-c2csc(Nc3ccc(Oc4ccccc4)cc3)n2)cc1Br. The van der Waals surface area contributed by atoms with Crippen LogP contribution < -0.4 is 14.8 Å². The van der Waals surface area contributed by atoms with Crippen LogP contribution in [0, 0.1) is 0 Å². The number of methoxy groups -OCH3 is 1. The Labute approximate surface area is 175 Å². The Balaban J connectivity index is 1.44. The molecule has 4 aromatic rings. The lowest BCUT2D eigenvalue weighted by Crippen LogP contribution is -1.90. The van der Waals surface area contributed by atoms with Gasteiger partial charge >= 0.3 is 0 Å². The first-order valence-electron chi connectivity index (χ1n) is 8.61. The van der Waals surface area contributed by atoms with Gasteiger partial charge in [0.25, 0.3) is 0 Å². The van der Waals surface area contributed by atoms with Crippen molar-refractivity contribution in [2.24, 2.45) is 0 Å². The molecule has 0 atom stereocenters. The Morgan fingerprint density at radius 1 is 0.929 bits per heavy atom. The molecule has 0 aliphatic rings. The summed E-state index contributed by atoms with van der Waals surface area (Å²) < 4.78 is 12.0. The highest BCUT2D eigenvalue weighted by atomic mass is 79.9. The first-order valence-corrected chi connectivity index (χ1v) is 10.3. The van der Waals surface area contributed by atoms with Crippen LogP contribution in [0.5, 0.6) is 17.2 Å². The number of hydrogen-bond donors (Lipinski definition) is 1. The Morgan fingerprint density at radius 2 is 1.68 bits per heavy atom. The quantitative estimate of drug-likeness (QED) is 0.338. The van der Waals surface area contributed by atoms with E-state index in [1.165, 1.54) is 0 Å². The van der Waals surface area contributed by atoms with Crippen LogP contribution in [-0.2, 0) is 0 Å². The Hall–Kier alpha value is -2.83. The van der Waals surface area contributed by atoms with Crippen molar-refractivity contribution in [3.8, 4) is 28.5 Å². The molecule has 1 heterocycles. The van der Waals surface area contributed by atoms with Gasteiger partial charge in [0.15, 0.2) is 5.13 Å². The van der Waals surface area contributed by atoms with Gasteiger partial charge in [-0.25, -0.2) is 4.98 Å². The summed E-state index contributed by atoms with van der Waals surface area (Å²) in [6.45, 7) is 0. The van der Waals surface area contributed by atoms with E-state index in [0.717, 1.165) is 43.8 Å². The molecule has 4 rings (SSSR count). The second kappa shape index (κ2) is 8.46. The Kier molecular flexibility index (Phi) is 5.60. The maximum absolute atomic E-state index is 5.82. The fraction of sp³-hybridized carbons (Fsp3) is 0.0455. The van der Waals surface area contributed by atoms with Gasteiger partial charge in [-0.1, -0.05) is 18.2 Å². The zero-order chi connectivity index (χ0) is 19.3. The minimum absolute atomic E-state index is 0.791. The minimum atomic E-state index is 0.791. The molecule has 0 aliphatic carbocycles. The maximum Gasteiger partial charge on any atom is 0.187 e. The highest BCUT2D eigenvalue weighted by Crippen LogP contribution is 2.33. The zero-order valence-corrected chi connectivity index (χ0v) is 17.5. The van der Waals surface area contributed by atoms with E-state index in [1.807, 2.05) is 78.2 Å². The Morgan fingerprint density at radius 3 is 2.39 bits per heavy atom. The summed E-state index contributed by atoms with van der Waals surface area (Å²) in [5.41, 5.74) is 2.90. The first-order chi connectivity index (χ1) is 13.7. The monoisotopic (exact) mass is 452 g/mol. The third-order valence-electron chi connectivity index (χ3n) is 4.04. The van der Waals surface area contributed by atoms with Gasteiger partial charge in [-0.3, -0.25) is 0 Å². The van der Waals surface area contributed by atoms with Gasteiger partial charge in [0.1, 0.15) is 17.2 Å². The molecule has 0 radical (unpaired) electrons. The van der Waals surface area contributed by atoms with Gasteiger partial charge < -0.3 is 14.8 Å². The molecule has 0 bridgehead atoms. The van der Waals surface area contributed by atoms with E-state index in [-0.39, 0.29) is 0 Å². The lowest BCUT2D eigenvalue weighted by Gasteiger charge is -2.07. The summed E-state index contributed by atoms with van der Waals surface area (Å²) in [6, 6.07) is 23.5.